The summed E-state index contributed by atoms with van der Waals surface area (Å²) < 4.78 is 26.1. The Kier molecular flexibility index (Phi) is 6.95. The highest BCUT2D eigenvalue weighted by Crippen LogP contribution is 2.45. The zero-order chi connectivity index (χ0) is 28.0. The number of nitrogens with one attached hydrogen (secondary N) is 1. The van der Waals surface area contributed by atoms with E-state index in [4.69, 9.17) is 19.4 Å². The number of carbonyl (C=O) groups is 1. The number of H-pyrrole nitrogens is 1. The van der Waals surface area contributed by atoms with E-state index in [2.05, 4.69) is 51.5 Å². The number of halogens is 1. The molecule has 3 aliphatic rings. The first-order chi connectivity index (χ1) is 19.3. The van der Waals surface area contributed by atoms with Crippen molar-refractivity contribution in [2.75, 3.05) is 69.8 Å². The molecule has 2 saturated heterocycles. The van der Waals surface area contributed by atoms with Crippen molar-refractivity contribution in [1.82, 2.24) is 30.0 Å². The van der Waals surface area contributed by atoms with Gasteiger partial charge in [0.15, 0.2) is 17.5 Å². The molecule has 1 aromatic carbocycles. The second-order valence-electron chi connectivity index (χ2n) is 10.8. The van der Waals surface area contributed by atoms with Gasteiger partial charge in [-0.05, 0) is 50.6 Å². The number of likely N-dealkylation sites (N-methyl/N-ethyl adjacent to an activating group) is 2. The Morgan fingerprint density at radius 1 is 1.18 bits per heavy atom. The molecule has 0 spiro atoms. The molecule has 2 fully saturated rings. The normalized spacial score (nSPS) is 21.4. The number of hydrogen-bond donors (Lipinski definition) is 1. The molecule has 2 unspecified atom stereocenters. The van der Waals surface area contributed by atoms with E-state index in [1.165, 1.54) is 4.90 Å². The summed E-state index contributed by atoms with van der Waals surface area (Å²) >= 11 is 0. The van der Waals surface area contributed by atoms with Crippen molar-refractivity contribution < 1.29 is 18.7 Å². The van der Waals surface area contributed by atoms with Gasteiger partial charge in [0.05, 0.1) is 17.8 Å². The predicted molar refractivity (Wildman–Crippen MR) is 150 cm³/mol. The van der Waals surface area contributed by atoms with Crippen LogP contribution in [0.25, 0.3) is 10.9 Å². The standard InChI is InChI=1S/C28H35FN8O3/c1-17-7-8-21-20(14-30-33-21)23(17)22-16-39-24-25(35(22)4)31-28(40-15-19-6-5-9-34(19)3)32-26(24)36-10-12-37(13-11-36)27(38)18(2)29/h7-8,14,19,22H,2,5-6,9-13,15-16H2,1,3-4H3,(H,30,33). The number of amides is 1. The van der Waals surface area contributed by atoms with Gasteiger partial charge in [-0.15, -0.1) is 0 Å². The number of benzene rings is 1. The van der Waals surface area contributed by atoms with Gasteiger partial charge in [0.2, 0.25) is 5.75 Å². The van der Waals surface area contributed by atoms with Crippen molar-refractivity contribution in [1.29, 1.82) is 0 Å². The average Bonchev–Trinajstić information content (AvgIpc) is 3.60. The SMILES string of the molecule is C=C(F)C(=O)N1CCN(c2nc(OCC3CCCN3C)nc3c2OCC(c2c(C)ccc4[nH]ncc24)N3C)CC1. The van der Waals surface area contributed by atoms with Crippen molar-refractivity contribution in [2.45, 2.75) is 31.8 Å². The maximum Gasteiger partial charge on any atom is 0.320 e. The van der Waals surface area contributed by atoms with Crippen LogP contribution >= 0.6 is 0 Å². The molecule has 40 heavy (non-hydrogen) atoms. The van der Waals surface area contributed by atoms with Gasteiger partial charge in [-0.3, -0.25) is 9.89 Å². The number of aromatic nitrogens is 4. The van der Waals surface area contributed by atoms with E-state index < -0.39 is 11.7 Å². The molecule has 6 rings (SSSR count). The van der Waals surface area contributed by atoms with Crippen molar-refractivity contribution in [3.05, 3.63) is 41.9 Å². The fourth-order valence-electron chi connectivity index (χ4n) is 6.00. The molecule has 0 radical (unpaired) electrons. The summed E-state index contributed by atoms with van der Waals surface area (Å²) in [7, 11) is 4.12. The van der Waals surface area contributed by atoms with Crippen LogP contribution < -0.4 is 19.3 Å². The molecule has 1 amide bonds. The van der Waals surface area contributed by atoms with E-state index in [0.29, 0.717) is 68.8 Å². The van der Waals surface area contributed by atoms with Crippen molar-refractivity contribution in [3.63, 3.8) is 0 Å². The van der Waals surface area contributed by atoms with Crippen molar-refractivity contribution in [2.24, 2.45) is 0 Å². The third kappa shape index (κ3) is 4.70. The molecule has 0 bridgehead atoms. The topological polar surface area (TPSA) is 103 Å². The van der Waals surface area contributed by atoms with E-state index in [-0.39, 0.29) is 6.04 Å². The molecule has 1 N–H and O–H groups in total. The largest absolute Gasteiger partial charge is 0.484 e. The first-order valence-corrected chi connectivity index (χ1v) is 13.7. The summed E-state index contributed by atoms with van der Waals surface area (Å²) in [5, 5.41) is 8.37. The molecular weight excluding hydrogens is 515 g/mol. The fourth-order valence-corrected chi connectivity index (χ4v) is 6.00. The number of ether oxygens (including phenoxy) is 2. The van der Waals surface area contributed by atoms with E-state index in [1.54, 1.807) is 0 Å². The van der Waals surface area contributed by atoms with Crippen LogP contribution in [0.4, 0.5) is 16.0 Å². The number of anilines is 2. The Morgan fingerprint density at radius 2 is 1.95 bits per heavy atom. The number of piperazine rings is 1. The Hall–Kier alpha value is -3.93. The van der Waals surface area contributed by atoms with Gasteiger partial charge in [0.1, 0.15) is 13.2 Å². The molecular formula is C28H35FN8O3. The Bertz CT molecular complexity index is 1440. The number of aromatic amines is 1. The second kappa shape index (κ2) is 10.6. The Balaban J connectivity index is 1.33. The van der Waals surface area contributed by atoms with Gasteiger partial charge >= 0.3 is 6.01 Å². The van der Waals surface area contributed by atoms with Gasteiger partial charge in [-0.25, -0.2) is 4.39 Å². The van der Waals surface area contributed by atoms with Gasteiger partial charge in [0, 0.05) is 44.7 Å². The van der Waals surface area contributed by atoms with Crippen LogP contribution in [0.2, 0.25) is 0 Å². The summed E-state index contributed by atoms with van der Waals surface area (Å²) in [6, 6.07) is 4.63. The molecule has 212 valence electrons. The number of likely N-dealkylation sites (tertiary alicyclic amines) is 1. The maximum absolute atomic E-state index is 13.5. The Morgan fingerprint density at radius 3 is 2.67 bits per heavy atom. The highest BCUT2D eigenvalue weighted by Gasteiger charge is 2.36. The molecule has 0 saturated carbocycles. The molecule has 2 atom stereocenters. The minimum Gasteiger partial charge on any atom is -0.484 e. The van der Waals surface area contributed by atoms with Crippen LogP contribution in [-0.2, 0) is 4.79 Å². The van der Waals surface area contributed by atoms with Gasteiger partial charge in [-0.1, -0.05) is 12.6 Å². The lowest BCUT2D eigenvalue weighted by molar-refractivity contribution is -0.128. The van der Waals surface area contributed by atoms with Crippen molar-refractivity contribution >= 4 is 28.4 Å². The van der Waals surface area contributed by atoms with Crippen LogP contribution in [0.1, 0.15) is 30.0 Å². The quantitative estimate of drug-likeness (QED) is 0.464. The van der Waals surface area contributed by atoms with Crippen molar-refractivity contribution in [3.8, 4) is 11.8 Å². The monoisotopic (exact) mass is 550 g/mol. The van der Waals surface area contributed by atoms with Crippen LogP contribution in [0, 0.1) is 6.92 Å². The number of aryl methyl sites for hydroxylation is 1. The lowest BCUT2D eigenvalue weighted by atomic mass is 9.96. The Labute approximate surface area is 232 Å². The molecule has 3 aromatic rings. The number of hydrogen-bond acceptors (Lipinski definition) is 9. The van der Waals surface area contributed by atoms with E-state index in [0.717, 1.165) is 41.4 Å². The molecule has 3 aliphatic heterocycles. The zero-order valence-corrected chi connectivity index (χ0v) is 23.2. The minimum absolute atomic E-state index is 0.101. The van der Waals surface area contributed by atoms with E-state index in [9.17, 15) is 9.18 Å². The van der Waals surface area contributed by atoms with Gasteiger partial charge < -0.3 is 29.1 Å². The summed E-state index contributed by atoms with van der Waals surface area (Å²) in [6.45, 7) is 8.84. The third-order valence-corrected chi connectivity index (χ3v) is 8.39. The van der Waals surface area contributed by atoms with E-state index in [1.807, 2.05) is 19.3 Å². The zero-order valence-electron chi connectivity index (χ0n) is 23.2. The average molecular weight is 551 g/mol. The highest BCUT2D eigenvalue weighted by atomic mass is 19.1. The van der Waals surface area contributed by atoms with Gasteiger partial charge in [-0.2, -0.15) is 15.1 Å². The summed E-state index contributed by atoms with van der Waals surface area (Å²) in [4.78, 5) is 29.7. The predicted octanol–water partition coefficient (Wildman–Crippen LogP) is 2.84. The summed E-state index contributed by atoms with van der Waals surface area (Å²) in [6.07, 6.45) is 4.07. The highest BCUT2D eigenvalue weighted by molar-refractivity contribution is 5.90. The molecule has 11 nitrogen and oxygen atoms in total. The second-order valence-corrected chi connectivity index (χ2v) is 10.8. The smallest absolute Gasteiger partial charge is 0.320 e. The molecule has 12 heteroatoms. The number of rotatable bonds is 6. The number of nitrogens with zero attached hydrogens (tertiary/aromatic N) is 7. The third-order valence-electron chi connectivity index (χ3n) is 8.39. The first kappa shape index (κ1) is 26.3. The number of carbonyl (C=O) groups excluding carboxylic acids is 1. The number of fused-ring (bicyclic) bond motifs is 2. The lowest BCUT2D eigenvalue weighted by Crippen LogP contribution is -2.49. The summed E-state index contributed by atoms with van der Waals surface area (Å²) in [5.74, 6) is 0.230. The first-order valence-electron chi connectivity index (χ1n) is 13.7. The van der Waals surface area contributed by atoms with Crippen LogP contribution in [0.3, 0.4) is 0 Å². The van der Waals surface area contributed by atoms with Gasteiger partial charge in [0.25, 0.3) is 5.91 Å². The molecule has 0 aliphatic carbocycles. The lowest BCUT2D eigenvalue weighted by Gasteiger charge is -2.40. The van der Waals surface area contributed by atoms with Crippen LogP contribution in [0.5, 0.6) is 11.8 Å². The summed E-state index contributed by atoms with van der Waals surface area (Å²) in [5.41, 5.74) is 3.24. The van der Waals surface area contributed by atoms with E-state index >= 15 is 0 Å². The fraction of sp³-hybridized carbons (Fsp3) is 0.500. The molecule has 5 heterocycles. The minimum atomic E-state index is -0.945. The van der Waals surface area contributed by atoms with Crippen LogP contribution in [-0.4, -0.2) is 102 Å². The van der Waals surface area contributed by atoms with Crippen LogP contribution in [0.15, 0.2) is 30.7 Å². The maximum atomic E-state index is 13.5. The molecule has 2 aromatic heterocycles.